The summed E-state index contributed by atoms with van der Waals surface area (Å²) >= 11 is 0. The van der Waals surface area contributed by atoms with Gasteiger partial charge in [-0.3, -0.25) is 0 Å². The van der Waals surface area contributed by atoms with Crippen LogP contribution in [0.4, 0.5) is 5.69 Å². The number of rotatable bonds is 4. The molecule has 0 atom stereocenters. The summed E-state index contributed by atoms with van der Waals surface area (Å²) in [6.07, 6.45) is 1.22. The summed E-state index contributed by atoms with van der Waals surface area (Å²) in [6, 6.07) is 11.1. The minimum Gasteiger partial charge on any atom is -2.00 e. The number of hydrogen-bond donors (Lipinski definition) is 2. The number of nitrogen functional groups attached to an aromatic ring is 1. The monoisotopic (exact) mass is 445 g/mol. The van der Waals surface area contributed by atoms with Crippen molar-refractivity contribution in [3.8, 4) is 11.5 Å². The fourth-order valence-electron chi connectivity index (χ4n) is 1.62. The molecule has 0 saturated carbocycles. The van der Waals surface area contributed by atoms with E-state index in [2.05, 4.69) is 10.2 Å². The molecule has 0 aliphatic heterocycles. The first-order valence-corrected chi connectivity index (χ1v) is 6.54. The minimum atomic E-state index is -0.512. The molecule has 0 aliphatic rings. The van der Waals surface area contributed by atoms with Crippen LogP contribution < -0.4 is 20.7 Å². The van der Waals surface area contributed by atoms with Crippen molar-refractivity contribution in [1.82, 2.24) is 0 Å². The van der Waals surface area contributed by atoms with Gasteiger partial charge in [0.25, 0.3) is 0 Å². The van der Waals surface area contributed by atoms with Crippen molar-refractivity contribution in [2.45, 2.75) is 0 Å². The second-order valence-electron chi connectivity index (χ2n) is 4.15. The molecule has 26 heavy (non-hydrogen) atoms. The molecule has 0 amide bonds. The van der Waals surface area contributed by atoms with Crippen LogP contribution in [0, 0.1) is 0 Å². The van der Waals surface area contributed by atoms with Crippen molar-refractivity contribution >= 4 is 17.8 Å². The molecule has 0 spiro atoms. The number of hydrogen-bond acceptors (Lipinski definition) is 7. The van der Waals surface area contributed by atoms with Gasteiger partial charge < -0.3 is 36.7 Å². The molecule has 0 saturated heterocycles. The summed E-state index contributed by atoms with van der Waals surface area (Å²) in [5, 5.41) is 37.7. The zero-order valence-electron chi connectivity index (χ0n) is 14.0. The Balaban J connectivity index is -0.00000102. The van der Waals surface area contributed by atoms with Crippen LogP contribution >= 0.6 is 0 Å². The van der Waals surface area contributed by atoms with Crippen LogP contribution in [-0.4, -0.2) is 31.4 Å². The summed E-state index contributed by atoms with van der Waals surface area (Å²) in [7, 11) is 2.41. The van der Waals surface area contributed by atoms with E-state index < -0.39 is 5.90 Å². The predicted octanol–water partition coefficient (Wildman–Crippen LogP) is -0.140. The Morgan fingerprint density at radius 2 is 1.69 bits per heavy atom. The Morgan fingerprint density at radius 3 is 2.23 bits per heavy atom. The van der Waals surface area contributed by atoms with E-state index in [9.17, 15) is 10.2 Å². The Kier molecular flexibility index (Phi) is 16.2. The number of nitrogens with two attached hydrogens (primary N) is 1. The molecule has 144 valence electrons. The van der Waals surface area contributed by atoms with Gasteiger partial charge in [0.1, 0.15) is 5.75 Å². The zero-order chi connectivity index (χ0) is 17.2. The van der Waals surface area contributed by atoms with E-state index in [1.54, 1.807) is 42.5 Å². The molecule has 2 rings (SSSR count). The second-order valence-corrected chi connectivity index (χ2v) is 4.15. The molecule has 2 aromatic rings. The third-order valence-electron chi connectivity index (χ3n) is 2.73. The van der Waals surface area contributed by atoms with Gasteiger partial charge in [0.2, 0.25) is 0 Å². The minimum absolute atomic E-state index is 0. The van der Waals surface area contributed by atoms with Crippen molar-refractivity contribution in [3.05, 3.63) is 53.6 Å². The third-order valence-corrected chi connectivity index (χ3v) is 2.73. The normalized spacial score (nSPS) is 9.73. The second kappa shape index (κ2) is 14.9. The number of nitrogens with zero attached hydrogens (tertiary/aromatic N) is 2. The summed E-state index contributed by atoms with van der Waals surface area (Å²) in [5.74, 6) is -0.607. The average molecular weight is 443 g/mol. The Labute approximate surface area is 165 Å². The van der Waals surface area contributed by atoms with Crippen molar-refractivity contribution < 1.29 is 52.1 Å². The first-order chi connectivity index (χ1) is 11.1. The molecule has 0 aromatic heterocycles. The molecule has 3 N–H and O–H groups in total. The summed E-state index contributed by atoms with van der Waals surface area (Å²) in [6.45, 7) is 0. The van der Waals surface area contributed by atoms with E-state index >= 15 is 0 Å². The van der Waals surface area contributed by atoms with Crippen molar-refractivity contribution in [2.24, 2.45) is 10.2 Å². The topological polar surface area (TPSA) is 183 Å². The van der Waals surface area contributed by atoms with E-state index in [0.717, 1.165) is 7.11 Å². The number of anilines is 1. The van der Waals surface area contributed by atoms with E-state index in [4.69, 9.17) is 15.6 Å². The molecule has 0 heterocycles. The fraction of sp³-hybridized carbons (Fsp3) is 0.125. The molecule has 10 heteroatoms. The Morgan fingerprint density at radius 1 is 1.12 bits per heavy atom. The number of aliphatic hydroxyl groups excluding tert-OH is 1. The van der Waals surface area contributed by atoms with E-state index in [-0.39, 0.29) is 43.5 Å². The van der Waals surface area contributed by atoms with Gasteiger partial charge in [0, 0.05) is 39.8 Å². The molecular formula is C16H17MoN3O6-6. The molecule has 0 bridgehead atoms. The summed E-state index contributed by atoms with van der Waals surface area (Å²) in [5.41, 5.74) is 6.75. The van der Waals surface area contributed by atoms with Crippen molar-refractivity contribution in [2.75, 3.05) is 20.0 Å². The average Bonchev–Trinajstić information content (AvgIpc) is 2.58. The number of aliphatic hydroxyl groups is 1. The van der Waals surface area contributed by atoms with Crippen LogP contribution in [0.25, 0.3) is 0 Å². The number of para-hydroxylation sites is 1. The maximum atomic E-state index is 11.8. The smallest absolute Gasteiger partial charge is 0.111 e. The summed E-state index contributed by atoms with van der Waals surface area (Å²) in [4.78, 5) is 0. The molecule has 0 aliphatic carbocycles. The van der Waals surface area contributed by atoms with Gasteiger partial charge in [-0.25, -0.2) is 0 Å². The molecular weight excluding hydrogens is 426 g/mol. The quantitative estimate of drug-likeness (QED) is 0.219. The molecule has 9 nitrogen and oxygen atoms in total. The van der Waals surface area contributed by atoms with E-state index in [0.29, 0.717) is 16.8 Å². The van der Waals surface area contributed by atoms with E-state index in [1.807, 2.05) is 0 Å². The maximum Gasteiger partial charge on any atom is 0.111 e. The number of benzene rings is 2. The maximum absolute atomic E-state index is 11.8. The molecule has 0 unspecified atom stereocenters. The molecule has 2 aromatic carbocycles. The van der Waals surface area contributed by atoms with Gasteiger partial charge in [-0.15, -0.1) is 0 Å². The van der Waals surface area contributed by atoms with Crippen LogP contribution in [0.1, 0.15) is 11.1 Å². The van der Waals surface area contributed by atoms with Gasteiger partial charge in [0.15, 0.2) is 0 Å². The molecule has 0 radical (unpaired) electrons. The van der Waals surface area contributed by atoms with E-state index in [1.165, 1.54) is 13.3 Å². The van der Waals surface area contributed by atoms with Crippen LogP contribution in [0.5, 0.6) is 11.5 Å². The van der Waals surface area contributed by atoms with Crippen LogP contribution in [0.2, 0.25) is 0 Å². The summed E-state index contributed by atoms with van der Waals surface area (Å²) < 4.78 is 4.91. The largest absolute Gasteiger partial charge is 2.00 e. The Hall–Kier alpha value is -2.45. The van der Waals surface area contributed by atoms with Gasteiger partial charge in [0.05, 0.1) is 13.3 Å². The van der Waals surface area contributed by atoms with Gasteiger partial charge in [-0.05, 0) is 29.3 Å². The first kappa shape index (κ1) is 28.4. The van der Waals surface area contributed by atoms with Crippen molar-refractivity contribution in [3.63, 3.8) is 0 Å². The van der Waals surface area contributed by atoms with Crippen LogP contribution in [-0.2, 0) is 32.0 Å². The fourth-order valence-corrected chi connectivity index (χ4v) is 1.62. The van der Waals surface area contributed by atoms with Crippen LogP contribution in [0.15, 0.2) is 52.7 Å². The molecule has 0 fully saturated rings. The van der Waals surface area contributed by atoms with Crippen molar-refractivity contribution in [1.29, 1.82) is 0 Å². The zero-order valence-corrected chi connectivity index (χ0v) is 16.0. The SMILES string of the molecule is CO.COc1cccc(/C=N/N=C(\[O-])c2ccc(N)cc2)c1[O-].[Mo].[O-2].[O-2]. The first-order valence-electron chi connectivity index (χ1n) is 6.54. The number of methoxy groups -OCH3 is 1. The Bertz CT molecular complexity index is 693. The van der Waals surface area contributed by atoms with Gasteiger partial charge in [-0.2, -0.15) is 10.2 Å². The predicted molar refractivity (Wildman–Crippen MR) is 86.9 cm³/mol. The van der Waals surface area contributed by atoms with Gasteiger partial charge in [-0.1, -0.05) is 30.0 Å². The standard InChI is InChI=1S/C15H15N3O3.CH4O.Mo.2O/c1-21-13-4-2-3-11(14(13)19)9-17-18-15(20)10-5-7-12(16)8-6-10;1-2;;;/h2-9,19H,16H2,1H3,(H,18,20);2H,1H3;;;/q;;;2*-2/p-2/b17-9+;;;;. The third kappa shape index (κ3) is 8.08. The van der Waals surface area contributed by atoms with Gasteiger partial charge >= 0.3 is 0 Å². The number of ether oxygens (including phenoxy) is 1. The van der Waals surface area contributed by atoms with Crippen LogP contribution in [0.3, 0.4) is 0 Å².